The van der Waals surface area contributed by atoms with E-state index in [9.17, 15) is 13.6 Å². The molecule has 0 saturated carbocycles. The van der Waals surface area contributed by atoms with Crippen LogP contribution in [-0.2, 0) is 4.79 Å². The smallest absolute Gasteiger partial charge is 0.220 e. The first kappa shape index (κ1) is 13.0. The van der Waals surface area contributed by atoms with Crippen LogP contribution in [0.1, 0.15) is 31.4 Å². The molecule has 1 aromatic carbocycles. The Bertz CT molecular complexity index is 441. The van der Waals surface area contributed by atoms with Gasteiger partial charge in [-0.25, -0.2) is 8.78 Å². The maximum absolute atomic E-state index is 13.1. The molecular formula is C13H16F2N2O. The molecule has 3 nitrogen and oxygen atoms in total. The zero-order valence-corrected chi connectivity index (χ0v) is 10.2. The largest absolute Gasteiger partial charge is 0.355 e. The molecule has 0 aliphatic carbocycles. The summed E-state index contributed by atoms with van der Waals surface area (Å²) in [5.41, 5.74) is 0.700. The fourth-order valence-electron chi connectivity index (χ4n) is 2.11. The Balaban J connectivity index is 1.96. The minimum atomic E-state index is -0.837. The van der Waals surface area contributed by atoms with Gasteiger partial charge in [-0.1, -0.05) is 6.07 Å². The molecule has 18 heavy (non-hydrogen) atoms. The summed E-state index contributed by atoms with van der Waals surface area (Å²) < 4.78 is 25.9. The number of carbonyl (C=O) groups excluding carboxylic acids is 1. The molecule has 5 heteroatoms. The van der Waals surface area contributed by atoms with Gasteiger partial charge in [0, 0.05) is 25.0 Å². The summed E-state index contributed by atoms with van der Waals surface area (Å²) in [6.45, 7) is 2.47. The topological polar surface area (TPSA) is 41.1 Å². The first-order valence-electron chi connectivity index (χ1n) is 6.04. The van der Waals surface area contributed by atoms with Gasteiger partial charge < -0.3 is 10.6 Å². The SMILES string of the molecule is CC(NC1CCC(=O)NC1)c1ccc(F)c(F)c1. The normalized spacial score (nSPS) is 21.5. The van der Waals surface area contributed by atoms with Gasteiger partial charge in [-0.2, -0.15) is 0 Å². The fraction of sp³-hybridized carbons (Fsp3) is 0.462. The van der Waals surface area contributed by atoms with Gasteiger partial charge in [-0.15, -0.1) is 0 Å². The van der Waals surface area contributed by atoms with Gasteiger partial charge in [-0.05, 0) is 31.0 Å². The molecule has 98 valence electrons. The lowest BCUT2D eigenvalue weighted by atomic mass is 10.0. The van der Waals surface area contributed by atoms with Gasteiger partial charge in [-0.3, -0.25) is 4.79 Å². The third-order valence-corrected chi connectivity index (χ3v) is 3.19. The van der Waals surface area contributed by atoms with E-state index in [1.165, 1.54) is 6.07 Å². The van der Waals surface area contributed by atoms with Crippen molar-refractivity contribution >= 4 is 5.91 Å². The van der Waals surface area contributed by atoms with Gasteiger partial charge in [0.1, 0.15) is 0 Å². The summed E-state index contributed by atoms with van der Waals surface area (Å²) in [6.07, 6.45) is 1.27. The minimum Gasteiger partial charge on any atom is -0.355 e. The molecule has 0 aromatic heterocycles. The highest BCUT2D eigenvalue weighted by Crippen LogP contribution is 2.17. The molecule has 2 atom stereocenters. The van der Waals surface area contributed by atoms with Crippen molar-refractivity contribution in [1.29, 1.82) is 0 Å². The Labute approximate surface area is 105 Å². The van der Waals surface area contributed by atoms with E-state index in [-0.39, 0.29) is 18.0 Å². The number of amides is 1. The molecule has 0 radical (unpaired) electrons. The van der Waals surface area contributed by atoms with Crippen molar-refractivity contribution in [3.05, 3.63) is 35.4 Å². The van der Waals surface area contributed by atoms with Gasteiger partial charge in [0.2, 0.25) is 5.91 Å². The Morgan fingerprint density at radius 1 is 1.39 bits per heavy atom. The predicted octanol–water partition coefficient (Wildman–Crippen LogP) is 1.89. The monoisotopic (exact) mass is 254 g/mol. The second-order valence-corrected chi connectivity index (χ2v) is 4.60. The Morgan fingerprint density at radius 2 is 2.17 bits per heavy atom. The zero-order valence-electron chi connectivity index (χ0n) is 10.2. The number of hydrogen-bond acceptors (Lipinski definition) is 2. The van der Waals surface area contributed by atoms with Crippen molar-refractivity contribution in [1.82, 2.24) is 10.6 Å². The lowest BCUT2D eigenvalue weighted by molar-refractivity contribution is -0.122. The highest BCUT2D eigenvalue weighted by molar-refractivity contribution is 5.76. The molecule has 2 N–H and O–H groups in total. The predicted molar refractivity (Wildman–Crippen MR) is 63.9 cm³/mol. The Hall–Kier alpha value is -1.49. The van der Waals surface area contributed by atoms with E-state index >= 15 is 0 Å². The van der Waals surface area contributed by atoms with Crippen molar-refractivity contribution in [3.8, 4) is 0 Å². The van der Waals surface area contributed by atoms with Crippen molar-refractivity contribution < 1.29 is 13.6 Å². The summed E-state index contributed by atoms with van der Waals surface area (Å²) in [7, 11) is 0. The van der Waals surface area contributed by atoms with E-state index in [2.05, 4.69) is 10.6 Å². The lowest BCUT2D eigenvalue weighted by Gasteiger charge is -2.27. The second-order valence-electron chi connectivity index (χ2n) is 4.60. The first-order chi connectivity index (χ1) is 8.56. The summed E-state index contributed by atoms with van der Waals surface area (Å²) in [5, 5.41) is 6.07. The molecule has 1 heterocycles. The minimum absolute atomic E-state index is 0.0635. The van der Waals surface area contributed by atoms with Crippen LogP contribution in [0.25, 0.3) is 0 Å². The molecule has 1 amide bonds. The van der Waals surface area contributed by atoms with Crippen LogP contribution in [0.3, 0.4) is 0 Å². The number of nitrogens with one attached hydrogen (secondary N) is 2. The second kappa shape index (κ2) is 5.44. The van der Waals surface area contributed by atoms with E-state index in [4.69, 9.17) is 0 Å². The molecule has 2 rings (SSSR count). The van der Waals surface area contributed by atoms with E-state index in [1.807, 2.05) is 6.92 Å². The molecule has 1 aliphatic heterocycles. The number of piperidine rings is 1. The van der Waals surface area contributed by atoms with E-state index < -0.39 is 11.6 Å². The Kier molecular flexibility index (Phi) is 3.91. The molecule has 1 saturated heterocycles. The molecule has 0 spiro atoms. The molecule has 2 unspecified atom stereocenters. The summed E-state index contributed by atoms with van der Waals surface area (Å²) in [5.74, 6) is -1.61. The van der Waals surface area contributed by atoms with Gasteiger partial charge in [0.15, 0.2) is 11.6 Å². The number of hydrogen-bond donors (Lipinski definition) is 2. The number of rotatable bonds is 3. The van der Waals surface area contributed by atoms with Crippen molar-refractivity contribution in [2.45, 2.75) is 31.8 Å². The summed E-state index contributed by atoms with van der Waals surface area (Å²) >= 11 is 0. The summed E-state index contributed by atoms with van der Waals surface area (Å²) in [4.78, 5) is 11.0. The third-order valence-electron chi connectivity index (χ3n) is 3.19. The highest BCUT2D eigenvalue weighted by Gasteiger charge is 2.20. The van der Waals surface area contributed by atoms with Crippen molar-refractivity contribution in [2.75, 3.05) is 6.54 Å². The average Bonchev–Trinajstić information content (AvgIpc) is 2.35. The van der Waals surface area contributed by atoms with Crippen LogP contribution in [-0.4, -0.2) is 18.5 Å². The third kappa shape index (κ3) is 3.04. The highest BCUT2D eigenvalue weighted by atomic mass is 19.2. The molecule has 1 aromatic rings. The molecular weight excluding hydrogens is 238 g/mol. The van der Waals surface area contributed by atoms with E-state index in [0.29, 0.717) is 18.5 Å². The summed E-state index contributed by atoms with van der Waals surface area (Å²) in [6, 6.07) is 3.99. The first-order valence-corrected chi connectivity index (χ1v) is 6.04. The van der Waals surface area contributed by atoms with Crippen LogP contribution in [0.5, 0.6) is 0 Å². The average molecular weight is 254 g/mol. The number of carbonyl (C=O) groups is 1. The quantitative estimate of drug-likeness (QED) is 0.865. The van der Waals surface area contributed by atoms with E-state index in [1.54, 1.807) is 6.07 Å². The fourth-order valence-corrected chi connectivity index (χ4v) is 2.11. The standard InChI is InChI=1S/C13H16F2N2O/c1-8(9-2-4-11(14)12(15)6-9)17-10-3-5-13(18)16-7-10/h2,4,6,8,10,17H,3,5,7H2,1H3,(H,16,18). The molecule has 0 bridgehead atoms. The lowest BCUT2D eigenvalue weighted by Crippen LogP contribution is -2.46. The van der Waals surface area contributed by atoms with Gasteiger partial charge >= 0.3 is 0 Å². The molecule has 1 fully saturated rings. The maximum atomic E-state index is 13.1. The maximum Gasteiger partial charge on any atom is 0.220 e. The van der Waals surface area contributed by atoms with Crippen LogP contribution in [0.4, 0.5) is 8.78 Å². The number of halogens is 2. The van der Waals surface area contributed by atoms with Crippen LogP contribution in [0.15, 0.2) is 18.2 Å². The van der Waals surface area contributed by atoms with E-state index in [0.717, 1.165) is 12.5 Å². The number of benzene rings is 1. The van der Waals surface area contributed by atoms with Crippen LogP contribution >= 0.6 is 0 Å². The van der Waals surface area contributed by atoms with Crippen LogP contribution in [0, 0.1) is 11.6 Å². The van der Waals surface area contributed by atoms with Gasteiger partial charge in [0.05, 0.1) is 0 Å². The van der Waals surface area contributed by atoms with Crippen LogP contribution < -0.4 is 10.6 Å². The van der Waals surface area contributed by atoms with Crippen molar-refractivity contribution in [2.24, 2.45) is 0 Å². The zero-order chi connectivity index (χ0) is 13.1. The van der Waals surface area contributed by atoms with Crippen molar-refractivity contribution in [3.63, 3.8) is 0 Å². The molecule has 1 aliphatic rings. The Morgan fingerprint density at radius 3 is 2.78 bits per heavy atom. The van der Waals surface area contributed by atoms with Crippen LogP contribution in [0.2, 0.25) is 0 Å². The van der Waals surface area contributed by atoms with Gasteiger partial charge in [0.25, 0.3) is 0 Å².